The first-order chi connectivity index (χ1) is 17.6. The molecule has 0 saturated heterocycles. The van der Waals surface area contributed by atoms with Crippen LogP contribution in [0.2, 0.25) is 0 Å². The normalized spacial score (nSPS) is 30.6. The van der Waals surface area contributed by atoms with E-state index in [9.17, 15) is 28.8 Å². The van der Waals surface area contributed by atoms with Crippen LogP contribution in [0.5, 0.6) is 0 Å². The molecule has 220 valence electrons. The fourth-order valence-electron chi connectivity index (χ4n) is 6.23. The predicted octanol–water partition coefficient (Wildman–Crippen LogP) is 2.65. The van der Waals surface area contributed by atoms with Crippen LogP contribution in [0.25, 0.3) is 0 Å². The van der Waals surface area contributed by atoms with Crippen LogP contribution in [0, 0.1) is 34.5 Å². The van der Waals surface area contributed by atoms with Crippen LogP contribution in [0.4, 0.5) is 0 Å². The second kappa shape index (κ2) is 12.3. The first-order valence-corrected chi connectivity index (χ1v) is 13.0. The summed E-state index contributed by atoms with van der Waals surface area (Å²) in [7, 11) is 0. The summed E-state index contributed by atoms with van der Waals surface area (Å²) in [6.45, 7) is 10.3. The minimum absolute atomic E-state index is 0. The zero-order valence-electron chi connectivity index (χ0n) is 23.8. The van der Waals surface area contributed by atoms with Crippen LogP contribution in [-0.4, -0.2) is 56.2 Å². The van der Waals surface area contributed by atoms with E-state index in [0.717, 1.165) is 0 Å². The van der Waals surface area contributed by atoms with Gasteiger partial charge in [-0.15, -0.1) is 0 Å². The van der Waals surface area contributed by atoms with E-state index in [0.29, 0.717) is 48.0 Å². The van der Waals surface area contributed by atoms with E-state index in [1.807, 2.05) is 13.8 Å². The summed E-state index contributed by atoms with van der Waals surface area (Å²) in [4.78, 5) is 70.7. The van der Waals surface area contributed by atoms with E-state index in [4.69, 9.17) is 10.2 Å². The molecule has 4 rings (SSSR count). The van der Waals surface area contributed by atoms with Gasteiger partial charge in [-0.25, -0.2) is 0 Å². The lowest BCUT2D eigenvalue weighted by molar-refractivity contribution is -0.146. The lowest BCUT2D eigenvalue weighted by atomic mass is 9.61. The summed E-state index contributed by atoms with van der Waals surface area (Å²) < 4.78 is 0. The molecule has 10 heteroatoms. The van der Waals surface area contributed by atoms with Crippen molar-refractivity contribution in [1.29, 1.82) is 0 Å². The standard InChI is InChI=1S/2C15H18O4.2H2O/c2*1-8(14(18)19)10-4-6-15(3)7-5-11(16)9(2)12(15)13(10)17;;/h2*5,7-8,10H,4,6H2,1-3H3,(H,18,19);2*1H2/t2*8-,10-,15-;;/m00../s1. The molecule has 0 radical (unpaired) electrons. The van der Waals surface area contributed by atoms with Crippen molar-refractivity contribution < 1.29 is 49.9 Å². The van der Waals surface area contributed by atoms with Crippen molar-refractivity contribution >= 4 is 35.1 Å². The highest BCUT2D eigenvalue weighted by molar-refractivity contribution is 6.15. The zero-order chi connectivity index (χ0) is 28.7. The summed E-state index contributed by atoms with van der Waals surface area (Å²) in [6, 6.07) is 0. The van der Waals surface area contributed by atoms with Gasteiger partial charge < -0.3 is 21.2 Å². The Morgan fingerprint density at radius 2 is 1.02 bits per heavy atom. The van der Waals surface area contributed by atoms with Gasteiger partial charge in [0.05, 0.1) is 11.8 Å². The molecule has 6 atom stereocenters. The molecule has 0 amide bonds. The van der Waals surface area contributed by atoms with E-state index in [1.54, 1.807) is 39.8 Å². The zero-order valence-corrected chi connectivity index (χ0v) is 23.8. The van der Waals surface area contributed by atoms with Crippen molar-refractivity contribution in [3.05, 3.63) is 46.6 Å². The van der Waals surface area contributed by atoms with Gasteiger partial charge in [-0.2, -0.15) is 0 Å². The fraction of sp³-hybridized carbons (Fsp3) is 0.533. The molecule has 2 saturated carbocycles. The molecule has 6 N–H and O–H groups in total. The molecule has 40 heavy (non-hydrogen) atoms. The summed E-state index contributed by atoms with van der Waals surface area (Å²) in [5.74, 6) is -5.01. The third-order valence-electron chi connectivity index (χ3n) is 8.94. The van der Waals surface area contributed by atoms with Crippen molar-refractivity contribution in [2.24, 2.45) is 34.5 Å². The molecule has 0 bridgehead atoms. The molecule has 0 aliphatic heterocycles. The van der Waals surface area contributed by atoms with Gasteiger partial charge >= 0.3 is 11.9 Å². The number of fused-ring (bicyclic) bond motifs is 2. The Morgan fingerprint density at radius 1 is 0.725 bits per heavy atom. The van der Waals surface area contributed by atoms with Crippen LogP contribution in [0.15, 0.2) is 46.6 Å². The van der Waals surface area contributed by atoms with E-state index < -0.39 is 46.4 Å². The molecule has 0 aromatic rings. The maximum absolute atomic E-state index is 12.6. The van der Waals surface area contributed by atoms with Crippen molar-refractivity contribution in [1.82, 2.24) is 0 Å². The van der Waals surface area contributed by atoms with Gasteiger partial charge in [-0.1, -0.05) is 39.8 Å². The second-order valence-electron chi connectivity index (χ2n) is 11.5. The average Bonchev–Trinajstić information content (AvgIpc) is 2.84. The van der Waals surface area contributed by atoms with E-state index in [-0.39, 0.29) is 34.1 Å². The number of carbonyl (C=O) groups is 6. The summed E-state index contributed by atoms with van der Waals surface area (Å²) >= 11 is 0. The lowest BCUT2D eigenvalue weighted by Gasteiger charge is -2.40. The topological polar surface area (TPSA) is 206 Å². The Bertz CT molecular complexity index is 1150. The van der Waals surface area contributed by atoms with E-state index in [1.165, 1.54) is 12.2 Å². The quantitative estimate of drug-likeness (QED) is 0.521. The molecular formula is C30H40O10. The Kier molecular flexibility index (Phi) is 10.7. The van der Waals surface area contributed by atoms with E-state index in [2.05, 4.69) is 0 Å². The Balaban J connectivity index is 0.000000381. The number of hydrogen-bond acceptors (Lipinski definition) is 6. The number of carbonyl (C=O) groups excluding carboxylic acids is 4. The Morgan fingerprint density at radius 3 is 1.30 bits per heavy atom. The molecule has 0 heterocycles. The number of Topliss-reactive ketones (excluding diaryl/α,β-unsaturated/α-hetero) is 2. The highest BCUT2D eigenvalue weighted by Gasteiger charge is 2.47. The monoisotopic (exact) mass is 560 g/mol. The maximum Gasteiger partial charge on any atom is 0.306 e. The number of allylic oxidation sites excluding steroid dienone is 8. The minimum Gasteiger partial charge on any atom is -0.481 e. The van der Waals surface area contributed by atoms with Gasteiger partial charge in [0.2, 0.25) is 0 Å². The molecule has 0 aromatic heterocycles. The third-order valence-corrected chi connectivity index (χ3v) is 8.94. The maximum atomic E-state index is 12.6. The van der Waals surface area contributed by atoms with Crippen LogP contribution in [-0.2, 0) is 28.8 Å². The van der Waals surface area contributed by atoms with Crippen molar-refractivity contribution in [2.45, 2.75) is 67.2 Å². The third kappa shape index (κ3) is 5.97. The molecule has 2 fully saturated rings. The minimum atomic E-state index is -0.960. The number of hydrogen-bond donors (Lipinski definition) is 2. The SMILES string of the molecule is CC1=C2C(=O)[C@H]([C@H](C)C(=O)O)CC[C@@]2(C)C=CC1=O.CC1=C2C(=O)[C@H]([C@H](C)C(=O)O)CC[C@@]2(C)C=CC1=O.O.O. The summed E-state index contributed by atoms with van der Waals surface area (Å²) in [5.41, 5.74) is 1.15. The van der Waals surface area contributed by atoms with E-state index >= 15 is 0 Å². The van der Waals surface area contributed by atoms with Crippen molar-refractivity contribution in [3.63, 3.8) is 0 Å². The highest BCUT2D eigenvalue weighted by atomic mass is 16.4. The number of rotatable bonds is 4. The number of aliphatic carboxylic acids is 2. The number of carboxylic acids is 2. The van der Waals surface area contributed by atoms with Crippen LogP contribution in [0.1, 0.15) is 67.2 Å². The molecule has 0 aromatic carbocycles. The highest BCUT2D eigenvalue weighted by Crippen LogP contribution is 2.48. The van der Waals surface area contributed by atoms with Crippen LogP contribution >= 0.6 is 0 Å². The van der Waals surface area contributed by atoms with Gasteiger partial charge in [0.1, 0.15) is 0 Å². The van der Waals surface area contributed by atoms with Crippen LogP contribution in [0.3, 0.4) is 0 Å². The Labute approximate surface area is 233 Å². The van der Waals surface area contributed by atoms with Crippen LogP contribution < -0.4 is 0 Å². The fourth-order valence-corrected chi connectivity index (χ4v) is 6.23. The lowest BCUT2D eigenvalue weighted by Crippen LogP contribution is -2.41. The second-order valence-corrected chi connectivity index (χ2v) is 11.5. The van der Waals surface area contributed by atoms with Crippen molar-refractivity contribution in [3.8, 4) is 0 Å². The molecule has 0 unspecified atom stereocenters. The first kappa shape index (κ1) is 34.5. The van der Waals surface area contributed by atoms with Gasteiger partial charge in [-0.05, 0) is 51.7 Å². The molecular weight excluding hydrogens is 520 g/mol. The molecule has 0 spiro atoms. The average molecular weight is 561 g/mol. The number of ketones is 4. The smallest absolute Gasteiger partial charge is 0.306 e. The van der Waals surface area contributed by atoms with Gasteiger partial charge in [0.15, 0.2) is 23.1 Å². The number of carboxylic acid groups (broad SMARTS) is 2. The molecule has 4 aliphatic rings. The van der Waals surface area contributed by atoms with Gasteiger partial charge in [-0.3, -0.25) is 28.8 Å². The van der Waals surface area contributed by atoms with Crippen molar-refractivity contribution in [2.75, 3.05) is 0 Å². The summed E-state index contributed by atoms with van der Waals surface area (Å²) in [5, 5.41) is 18.2. The predicted molar refractivity (Wildman–Crippen MR) is 146 cm³/mol. The van der Waals surface area contributed by atoms with Gasteiger partial charge in [0, 0.05) is 45.0 Å². The largest absolute Gasteiger partial charge is 0.481 e. The molecule has 4 aliphatic carbocycles. The first-order valence-electron chi connectivity index (χ1n) is 13.0. The Hall–Kier alpha value is -3.50. The summed E-state index contributed by atoms with van der Waals surface area (Å²) in [6.07, 6.45) is 9.14. The van der Waals surface area contributed by atoms with Gasteiger partial charge in [0.25, 0.3) is 0 Å². The molecule has 10 nitrogen and oxygen atoms in total.